The highest BCUT2D eigenvalue weighted by molar-refractivity contribution is 5.79. The van der Waals surface area contributed by atoms with Crippen LogP contribution < -0.4 is 5.32 Å². The van der Waals surface area contributed by atoms with E-state index in [1.54, 1.807) is 6.92 Å². The lowest BCUT2D eigenvalue weighted by atomic mass is 10.1. The van der Waals surface area contributed by atoms with Gasteiger partial charge >= 0.3 is 0 Å². The van der Waals surface area contributed by atoms with Gasteiger partial charge < -0.3 is 10.1 Å². The maximum atomic E-state index is 10.9. The molecule has 0 saturated carbocycles. The maximum Gasteiger partial charge on any atom is 0.220 e. The molecule has 0 spiro atoms. The van der Waals surface area contributed by atoms with E-state index in [9.17, 15) is 9.59 Å². The Hall–Kier alpha value is -0.860. The summed E-state index contributed by atoms with van der Waals surface area (Å²) < 4.78 is 0. The summed E-state index contributed by atoms with van der Waals surface area (Å²) in [5.41, 5.74) is 0. The predicted octanol–water partition coefficient (Wildman–Crippen LogP) is 1.66. The number of aldehydes is 1. The first-order valence-electron chi connectivity index (χ1n) is 4.99. The van der Waals surface area contributed by atoms with E-state index in [2.05, 4.69) is 12.2 Å². The molecule has 0 aromatic carbocycles. The van der Waals surface area contributed by atoms with E-state index in [0.717, 1.165) is 32.0 Å². The molecule has 0 bridgehead atoms. The average molecular weight is 185 g/mol. The monoisotopic (exact) mass is 185 g/mol. The third-order valence-electron chi connectivity index (χ3n) is 1.95. The molecule has 1 atom stereocenters. The summed E-state index contributed by atoms with van der Waals surface area (Å²) in [7, 11) is 0. The fraction of sp³-hybridized carbons (Fsp3) is 0.800. The number of nitrogens with one attached hydrogen (secondary N) is 1. The van der Waals surface area contributed by atoms with Crippen molar-refractivity contribution in [2.45, 2.75) is 52.0 Å². The van der Waals surface area contributed by atoms with Gasteiger partial charge in [-0.25, -0.2) is 0 Å². The van der Waals surface area contributed by atoms with Crippen molar-refractivity contribution in [3.05, 3.63) is 0 Å². The second-order valence-electron chi connectivity index (χ2n) is 3.16. The van der Waals surface area contributed by atoms with Crippen LogP contribution in [0.15, 0.2) is 0 Å². The highest BCUT2D eigenvalue weighted by Crippen LogP contribution is 2.01. The zero-order chi connectivity index (χ0) is 10.1. The first-order chi connectivity index (χ1) is 6.24. The van der Waals surface area contributed by atoms with E-state index in [1.807, 2.05) is 0 Å². The first kappa shape index (κ1) is 12.1. The van der Waals surface area contributed by atoms with E-state index in [1.165, 1.54) is 0 Å². The van der Waals surface area contributed by atoms with E-state index in [0.29, 0.717) is 6.42 Å². The molecule has 3 nitrogen and oxygen atoms in total. The lowest BCUT2D eigenvalue weighted by Crippen LogP contribution is -2.35. The van der Waals surface area contributed by atoms with Crippen LogP contribution in [0.3, 0.4) is 0 Å². The SMILES string of the molecule is CCCCCC(C=O)NC(=O)CC. The molecule has 0 rings (SSSR count). The van der Waals surface area contributed by atoms with Gasteiger partial charge in [-0.1, -0.05) is 33.1 Å². The Kier molecular flexibility index (Phi) is 7.26. The van der Waals surface area contributed by atoms with Crippen molar-refractivity contribution in [3.63, 3.8) is 0 Å². The molecular weight excluding hydrogens is 166 g/mol. The number of unbranched alkanes of at least 4 members (excludes halogenated alkanes) is 2. The standard InChI is InChI=1S/C10H19NO2/c1-3-5-6-7-9(8-12)11-10(13)4-2/h8-9H,3-7H2,1-2H3,(H,11,13). The topological polar surface area (TPSA) is 46.2 Å². The highest BCUT2D eigenvalue weighted by atomic mass is 16.2. The van der Waals surface area contributed by atoms with Crippen molar-refractivity contribution in [1.29, 1.82) is 0 Å². The Morgan fingerprint density at radius 3 is 2.54 bits per heavy atom. The Labute approximate surface area is 79.9 Å². The third-order valence-corrected chi connectivity index (χ3v) is 1.95. The molecule has 0 fully saturated rings. The minimum atomic E-state index is -0.279. The summed E-state index contributed by atoms with van der Waals surface area (Å²) in [6, 6.07) is -0.279. The minimum absolute atomic E-state index is 0.0476. The molecule has 0 aliphatic heterocycles. The molecule has 1 N–H and O–H groups in total. The van der Waals surface area contributed by atoms with Gasteiger partial charge in [0.1, 0.15) is 6.29 Å². The van der Waals surface area contributed by atoms with Gasteiger partial charge in [-0.05, 0) is 6.42 Å². The normalized spacial score (nSPS) is 12.2. The number of hydrogen-bond acceptors (Lipinski definition) is 2. The van der Waals surface area contributed by atoms with Crippen LogP contribution in [0.5, 0.6) is 0 Å². The van der Waals surface area contributed by atoms with Gasteiger partial charge in [0.2, 0.25) is 5.91 Å². The second-order valence-corrected chi connectivity index (χ2v) is 3.16. The number of carbonyl (C=O) groups excluding carboxylic acids is 2. The van der Waals surface area contributed by atoms with Crippen LogP contribution in [0.25, 0.3) is 0 Å². The summed E-state index contributed by atoms with van der Waals surface area (Å²) in [6.45, 7) is 3.89. The van der Waals surface area contributed by atoms with Gasteiger partial charge in [-0.3, -0.25) is 4.79 Å². The second kappa shape index (κ2) is 7.77. The van der Waals surface area contributed by atoms with E-state index in [4.69, 9.17) is 0 Å². The molecule has 0 aliphatic rings. The van der Waals surface area contributed by atoms with Crippen molar-refractivity contribution in [1.82, 2.24) is 5.32 Å². The zero-order valence-electron chi connectivity index (χ0n) is 8.51. The number of amides is 1. The van der Waals surface area contributed by atoms with Crippen LogP contribution >= 0.6 is 0 Å². The van der Waals surface area contributed by atoms with Crippen LogP contribution in [0.4, 0.5) is 0 Å². The van der Waals surface area contributed by atoms with Gasteiger partial charge in [-0.2, -0.15) is 0 Å². The van der Waals surface area contributed by atoms with E-state index < -0.39 is 0 Å². The fourth-order valence-corrected chi connectivity index (χ4v) is 1.10. The molecule has 0 aromatic rings. The predicted molar refractivity (Wildman–Crippen MR) is 52.4 cm³/mol. The average Bonchev–Trinajstić information content (AvgIpc) is 2.16. The van der Waals surface area contributed by atoms with Crippen LogP contribution in [-0.2, 0) is 9.59 Å². The van der Waals surface area contributed by atoms with E-state index >= 15 is 0 Å². The third kappa shape index (κ3) is 6.31. The molecule has 0 heterocycles. The van der Waals surface area contributed by atoms with Crippen molar-refractivity contribution in [3.8, 4) is 0 Å². The van der Waals surface area contributed by atoms with Crippen molar-refractivity contribution >= 4 is 12.2 Å². The summed E-state index contributed by atoms with van der Waals surface area (Å²) in [4.78, 5) is 21.5. The molecule has 1 amide bonds. The van der Waals surface area contributed by atoms with Crippen molar-refractivity contribution in [2.75, 3.05) is 0 Å². The molecule has 0 saturated heterocycles. The summed E-state index contributed by atoms with van der Waals surface area (Å²) >= 11 is 0. The molecule has 1 unspecified atom stereocenters. The molecular formula is C10H19NO2. The van der Waals surface area contributed by atoms with Gasteiger partial charge in [-0.15, -0.1) is 0 Å². The van der Waals surface area contributed by atoms with Gasteiger partial charge in [0.15, 0.2) is 0 Å². The first-order valence-corrected chi connectivity index (χ1v) is 4.99. The Morgan fingerprint density at radius 1 is 1.38 bits per heavy atom. The molecule has 76 valence electrons. The zero-order valence-corrected chi connectivity index (χ0v) is 8.51. The molecule has 3 heteroatoms. The smallest absolute Gasteiger partial charge is 0.220 e. The van der Waals surface area contributed by atoms with Crippen LogP contribution in [0.2, 0.25) is 0 Å². The number of rotatable bonds is 7. The van der Waals surface area contributed by atoms with Gasteiger partial charge in [0.25, 0.3) is 0 Å². The maximum absolute atomic E-state index is 10.9. The van der Waals surface area contributed by atoms with Crippen LogP contribution in [-0.4, -0.2) is 18.2 Å². The van der Waals surface area contributed by atoms with E-state index in [-0.39, 0.29) is 11.9 Å². The summed E-state index contributed by atoms with van der Waals surface area (Å²) in [5.74, 6) is -0.0476. The molecule has 13 heavy (non-hydrogen) atoms. The quantitative estimate of drug-likeness (QED) is 0.484. The van der Waals surface area contributed by atoms with Gasteiger partial charge in [0.05, 0.1) is 6.04 Å². The molecule has 0 aliphatic carbocycles. The highest BCUT2D eigenvalue weighted by Gasteiger charge is 2.08. The lowest BCUT2D eigenvalue weighted by Gasteiger charge is -2.11. The minimum Gasteiger partial charge on any atom is -0.347 e. The largest absolute Gasteiger partial charge is 0.347 e. The van der Waals surface area contributed by atoms with Crippen molar-refractivity contribution < 1.29 is 9.59 Å². The molecule has 0 radical (unpaired) electrons. The summed E-state index contributed by atoms with van der Waals surface area (Å²) in [5, 5.41) is 2.67. The number of carbonyl (C=O) groups is 2. The Bertz CT molecular complexity index is 157. The van der Waals surface area contributed by atoms with Crippen LogP contribution in [0.1, 0.15) is 46.0 Å². The Balaban J connectivity index is 3.62. The van der Waals surface area contributed by atoms with Crippen molar-refractivity contribution in [2.24, 2.45) is 0 Å². The van der Waals surface area contributed by atoms with Gasteiger partial charge in [0, 0.05) is 6.42 Å². The lowest BCUT2D eigenvalue weighted by molar-refractivity contribution is -0.123. The van der Waals surface area contributed by atoms with Crippen LogP contribution in [0, 0.1) is 0 Å². The molecule has 0 aromatic heterocycles. The fourth-order valence-electron chi connectivity index (χ4n) is 1.10. The number of hydrogen-bond donors (Lipinski definition) is 1. The Morgan fingerprint density at radius 2 is 2.08 bits per heavy atom. The summed E-state index contributed by atoms with van der Waals surface area (Å²) in [6.07, 6.45) is 5.29.